The molecule has 0 unspecified atom stereocenters. The summed E-state index contributed by atoms with van der Waals surface area (Å²) in [5.41, 5.74) is 1.80. The number of carbonyl (C=O) groups excluding carboxylic acids is 1. The highest BCUT2D eigenvalue weighted by Crippen LogP contribution is 2.34. The summed E-state index contributed by atoms with van der Waals surface area (Å²) in [7, 11) is -4.10. The number of carbonyl (C=O) groups is 1. The first kappa shape index (κ1) is 23.2. The maximum atomic E-state index is 13.5. The van der Waals surface area contributed by atoms with Gasteiger partial charge in [0.25, 0.3) is 10.0 Å². The molecule has 3 aromatic rings. The fourth-order valence-corrected chi connectivity index (χ4v) is 5.12. The van der Waals surface area contributed by atoms with Crippen LogP contribution in [0, 0.1) is 6.92 Å². The molecule has 1 N–H and O–H groups in total. The Hall–Kier alpha value is -2.94. The van der Waals surface area contributed by atoms with Crippen LogP contribution in [0.15, 0.2) is 65.6 Å². The summed E-state index contributed by atoms with van der Waals surface area (Å²) in [6.07, 6.45) is 0. The van der Waals surface area contributed by atoms with Gasteiger partial charge < -0.3 is 14.8 Å². The molecule has 172 valence electrons. The zero-order valence-corrected chi connectivity index (χ0v) is 19.9. The number of anilines is 1. The Morgan fingerprint density at radius 3 is 2.48 bits per heavy atom. The van der Waals surface area contributed by atoms with Crippen molar-refractivity contribution in [2.24, 2.45) is 0 Å². The van der Waals surface area contributed by atoms with Crippen molar-refractivity contribution in [2.75, 3.05) is 17.6 Å². The Morgan fingerprint density at radius 2 is 1.73 bits per heavy atom. The number of ether oxygens (including phenoxy) is 2. The van der Waals surface area contributed by atoms with Gasteiger partial charge in [0, 0.05) is 11.6 Å². The largest absolute Gasteiger partial charge is 0.454 e. The van der Waals surface area contributed by atoms with Crippen LogP contribution in [0.3, 0.4) is 0 Å². The zero-order chi connectivity index (χ0) is 23.6. The number of nitrogens with one attached hydrogen (secondary N) is 1. The summed E-state index contributed by atoms with van der Waals surface area (Å²) < 4.78 is 38.5. The molecule has 0 atom stereocenters. The number of hydrogen-bond acceptors (Lipinski definition) is 5. The Balaban J connectivity index is 1.58. The molecule has 0 aliphatic carbocycles. The average Bonchev–Trinajstić information content (AvgIpc) is 3.26. The highest BCUT2D eigenvalue weighted by Gasteiger charge is 2.29. The minimum atomic E-state index is -4.10. The molecule has 4 rings (SSSR count). The van der Waals surface area contributed by atoms with E-state index in [0.717, 1.165) is 15.4 Å². The smallest absolute Gasteiger partial charge is 0.264 e. The van der Waals surface area contributed by atoms with Crippen LogP contribution < -0.4 is 19.1 Å². The molecule has 1 aliphatic heterocycles. The summed E-state index contributed by atoms with van der Waals surface area (Å²) >= 11 is 12.4. The predicted molar refractivity (Wildman–Crippen MR) is 127 cm³/mol. The second-order valence-electron chi connectivity index (χ2n) is 7.38. The van der Waals surface area contributed by atoms with Crippen LogP contribution in [0.4, 0.5) is 5.69 Å². The van der Waals surface area contributed by atoms with Crippen LogP contribution in [-0.2, 0) is 21.4 Å². The highest BCUT2D eigenvalue weighted by molar-refractivity contribution is 7.92. The minimum absolute atomic E-state index is 0.0349. The lowest BCUT2D eigenvalue weighted by molar-refractivity contribution is -0.119. The molecule has 1 amide bonds. The van der Waals surface area contributed by atoms with E-state index < -0.39 is 22.5 Å². The predicted octanol–water partition coefficient (Wildman–Crippen LogP) is 4.54. The number of amides is 1. The molecule has 10 heteroatoms. The zero-order valence-electron chi connectivity index (χ0n) is 17.5. The van der Waals surface area contributed by atoms with E-state index in [2.05, 4.69) is 5.32 Å². The average molecular weight is 507 g/mol. The van der Waals surface area contributed by atoms with Crippen LogP contribution >= 0.6 is 23.2 Å². The van der Waals surface area contributed by atoms with E-state index in [1.54, 1.807) is 36.4 Å². The summed E-state index contributed by atoms with van der Waals surface area (Å²) in [4.78, 5) is 12.8. The van der Waals surface area contributed by atoms with Crippen molar-refractivity contribution in [3.8, 4) is 11.5 Å². The summed E-state index contributed by atoms with van der Waals surface area (Å²) in [5.74, 6) is 0.714. The summed E-state index contributed by atoms with van der Waals surface area (Å²) in [6, 6.07) is 16.1. The second kappa shape index (κ2) is 9.51. The Labute approximate surface area is 201 Å². The number of hydrogen-bond donors (Lipinski definition) is 1. The monoisotopic (exact) mass is 506 g/mol. The van der Waals surface area contributed by atoms with Crippen molar-refractivity contribution < 1.29 is 22.7 Å². The molecule has 1 heterocycles. The van der Waals surface area contributed by atoms with E-state index in [4.69, 9.17) is 32.7 Å². The normalized spacial score (nSPS) is 12.5. The minimum Gasteiger partial charge on any atom is -0.454 e. The van der Waals surface area contributed by atoms with Gasteiger partial charge in [-0.1, -0.05) is 47.0 Å². The molecule has 1 aliphatic rings. The summed E-state index contributed by atoms with van der Waals surface area (Å²) in [5, 5.41) is 3.18. The van der Waals surface area contributed by atoms with E-state index >= 15 is 0 Å². The molecule has 7 nitrogen and oxygen atoms in total. The molecule has 33 heavy (non-hydrogen) atoms. The molecule has 0 saturated carbocycles. The Morgan fingerprint density at radius 1 is 1.00 bits per heavy atom. The van der Waals surface area contributed by atoms with Gasteiger partial charge in [-0.05, 0) is 55.0 Å². The first-order chi connectivity index (χ1) is 15.7. The van der Waals surface area contributed by atoms with Crippen molar-refractivity contribution in [3.63, 3.8) is 0 Å². The van der Waals surface area contributed by atoms with E-state index in [0.29, 0.717) is 16.5 Å². The Bertz CT molecular complexity index is 1300. The lowest BCUT2D eigenvalue weighted by Crippen LogP contribution is -2.40. The SMILES string of the molecule is Cc1ccc(S(=O)(=O)N(CC(=O)NCc2ccc3c(c2)OCO3)c2cc(Cl)ccc2Cl)cc1. The van der Waals surface area contributed by atoms with Crippen molar-refractivity contribution in [1.29, 1.82) is 0 Å². The van der Waals surface area contributed by atoms with E-state index in [9.17, 15) is 13.2 Å². The number of sulfonamides is 1. The fourth-order valence-electron chi connectivity index (χ4n) is 3.25. The van der Waals surface area contributed by atoms with Crippen molar-refractivity contribution in [2.45, 2.75) is 18.4 Å². The standard InChI is InChI=1S/C23H20Cl2N2O5S/c1-15-2-6-18(7-3-15)33(29,30)27(20-11-17(24)5-8-19(20)25)13-23(28)26-12-16-4-9-21-22(10-16)32-14-31-21/h2-11H,12-14H2,1H3,(H,26,28). The van der Waals surface area contributed by atoms with Crippen LogP contribution in [0.2, 0.25) is 10.0 Å². The quantitative estimate of drug-likeness (QED) is 0.508. The van der Waals surface area contributed by atoms with Crippen LogP contribution in [0.1, 0.15) is 11.1 Å². The van der Waals surface area contributed by atoms with Gasteiger partial charge in [-0.3, -0.25) is 9.10 Å². The van der Waals surface area contributed by atoms with E-state index in [1.165, 1.54) is 24.3 Å². The fraction of sp³-hybridized carbons (Fsp3) is 0.174. The lowest BCUT2D eigenvalue weighted by Gasteiger charge is -2.25. The number of aryl methyl sites for hydroxylation is 1. The maximum Gasteiger partial charge on any atom is 0.264 e. The van der Waals surface area contributed by atoms with E-state index in [-0.39, 0.29) is 28.9 Å². The molecular weight excluding hydrogens is 487 g/mol. The molecule has 0 radical (unpaired) electrons. The van der Waals surface area contributed by atoms with Crippen molar-refractivity contribution in [3.05, 3.63) is 81.8 Å². The first-order valence-corrected chi connectivity index (χ1v) is 12.1. The molecule has 0 aromatic heterocycles. The molecule has 0 bridgehead atoms. The molecule has 0 fully saturated rings. The molecular formula is C23H20Cl2N2O5S. The molecule has 3 aromatic carbocycles. The van der Waals surface area contributed by atoms with Gasteiger partial charge in [0.1, 0.15) is 6.54 Å². The number of benzene rings is 3. The highest BCUT2D eigenvalue weighted by atomic mass is 35.5. The molecule has 0 spiro atoms. The van der Waals surface area contributed by atoms with Gasteiger partial charge in [0.2, 0.25) is 12.7 Å². The van der Waals surface area contributed by atoms with Crippen LogP contribution in [-0.4, -0.2) is 27.7 Å². The van der Waals surface area contributed by atoms with Crippen molar-refractivity contribution >= 4 is 44.8 Å². The van der Waals surface area contributed by atoms with Crippen LogP contribution in [0.5, 0.6) is 11.5 Å². The summed E-state index contributed by atoms with van der Waals surface area (Å²) in [6.45, 7) is 1.70. The van der Waals surface area contributed by atoms with Gasteiger partial charge in [-0.15, -0.1) is 0 Å². The molecule has 0 saturated heterocycles. The van der Waals surface area contributed by atoms with Gasteiger partial charge in [0.15, 0.2) is 11.5 Å². The first-order valence-electron chi connectivity index (χ1n) is 9.94. The number of nitrogens with zero attached hydrogens (tertiary/aromatic N) is 1. The lowest BCUT2D eigenvalue weighted by atomic mass is 10.2. The van der Waals surface area contributed by atoms with E-state index in [1.807, 2.05) is 6.92 Å². The Kier molecular flexibility index (Phi) is 6.69. The van der Waals surface area contributed by atoms with Crippen LogP contribution in [0.25, 0.3) is 0 Å². The topological polar surface area (TPSA) is 84.9 Å². The third-order valence-corrected chi connectivity index (χ3v) is 7.33. The van der Waals surface area contributed by atoms with Gasteiger partial charge in [-0.2, -0.15) is 0 Å². The van der Waals surface area contributed by atoms with Gasteiger partial charge in [-0.25, -0.2) is 8.42 Å². The third kappa shape index (κ3) is 5.19. The number of fused-ring (bicyclic) bond motifs is 1. The third-order valence-electron chi connectivity index (χ3n) is 5.00. The van der Waals surface area contributed by atoms with Gasteiger partial charge in [0.05, 0.1) is 15.6 Å². The number of rotatable bonds is 7. The van der Waals surface area contributed by atoms with Gasteiger partial charge >= 0.3 is 0 Å². The van der Waals surface area contributed by atoms with Crippen molar-refractivity contribution in [1.82, 2.24) is 5.32 Å². The second-order valence-corrected chi connectivity index (χ2v) is 10.1. The maximum absolute atomic E-state index is 13.5. The number of halogens is 2.